The van der Waals surface area contributed by atoms with Crippen LogP contribution in [0, 0.1) is 0 Å². The standard InChI is InChI=1S/C43H83N3O3.CH4O4S/c1-4-6-8-10-12-14-16-18-20-22-24-26-28-30-32-34-42(48)44-36-38-46(3,40-41-47)39-37-45-43(49)35-33-31-29-27-25-23-21-19-17-15-13-11-9-7-5-2;1-5-6(2,3)4/h18-21,47H,4-17,22-41H2,1-3H3,(H-,44,45,48,49);1H3,(H,2,3,4)/b20-18-,21-19-;. The Kier molecular flexibility index (Phi) is 42.1. The molecule has 2 amide bonds. The Morgan fingerprint density at radius 2 is 0.855 bits per heavy atom. The molecule has 326 valence electrons. The molecule has 0 heterocycles. The van der Waals surface area contributed by atoms with Crippen molar-refractivity contribution in [1.29, 1.82) is 0 Å². The van der Waals surface area contributed by atoms with E-state index in [9.17, 15) is 27.7 Å². The lowest BCUT2D eigenvalue weighted by molar-refractivity contribution is -0.907. The van der Waals surface area contributed by atoms with Crippen molar-refractivity contribution in [3.63, 3.8) is 0 Å². The van der Waals surface area contributed by atoms with E-state index in [-0.39, 0.29) is 18.4 Å². The van der Waals surface area contributed by atoms with Crippen LogP contribution in [0.3, 0.4) is 0 Å². The first-order valence-corrected chi connectivity index (χ1v) is 23.7. The summed E-state index contributed by atoms with van der Waals surface area (Å²) in [5.74, 6) is 0.253. The highest BCUT2D eigenvalue weighted by molar-refractivity contribution is 7.80. The molecule has 0 spiro atoms. The summed E-state index contributed by atoms with van der Waals surface area (Å²) in [7, 11) is -1.50. The summed E-state index contributed by atoms with van der Waals surface area (Å²) in [6.45, 7) is 7.96. The third-order valence-electron chi connectivity index (χ3n) is 10.1. The van der Waals surface area contributed by atoms with Gasteiger partial charge in [-0.25, -0.2) is 8.42 Å². The van der Waals surface area contributed by atoms with E-state index >= 15 is 0 Å². The van der Waals surface area contributed by atoms with Gasteiger partial charge in [-0.3, -0.25) is 13.8 Å². The van der Waals surface area contributed by atoms with Crippen molar-refractivity contribution in [2.45, 2.75) is 194 Å². The minimum absolute atomic E-state index is 0.0994. The van der Waals surface area contributed by atoms with Crippen LogP contribution in [-0.4, -0.2) is 87.9 Å². The maximum atomic E-state index is 12.4. The molecule has 0 saturated heterocycles. The molecule has 11 heteroatoms. The van der Waals surface area contributed by atoms with Gasteiger partial charge in [-0.2, -0.15) is 0 Å². The van der Waals surface area contributed by atoms with Crippen molar-refractivity contribution in [1.82, 2.24) is 10.6 Å². The first-order chi connectivity index (χ1) is 26.5. The molecule has 0 aliphatic heterocycles. The number of rotatable bonds is 39. The Bertz CT molecular complexity index is 963. The molecule has 0 atom stereocenters. The van der Waals surface area contributed by atoms with Crippen molar-refractivity contribution in [3.05, 3.63) is 24.3 Å². The lowest BCUT2D eigenvalue weighted by atomic mass is 10.1. The van der Waals surface area contributed by atoms with Crippen molar-refractivity contribution >= 4 is 22.2 Å². The summed E-state index contributed by atoms with van der Waals surface area (Å²) in [6, 6.07) is 0. The third-order valence-corrected chi connectivity index (χ3v) is 10.5. The zero-order valence-electron chi connectivity index (χ0n) is 36.1. The molecule has 0 fully saturated rings. The molecule has 0 unspecified atom stereocenters. The SMILES string of the molecule is CCCCCCCC/C=C\CCCCCCCC(=O)NCC[N+](C)(CCO)CCNC(=O)CCCCCCC/C=C\CCCCCCCC.COS(=O)(=O)[O-]. The van der Waals surface area contributed by atoms with E-state index in [4.69, 9.17) is 0 Å². The van der Waals surface area contributed by atoms with Gasteiger partial charge in [-0.15, -0.1) is 0 Å². The zero-order chi connectivity index (χ0) is 41.1. The molecule has 0 rings (SSSR count). The Morgan fingerprint density at radius 1 is 0.564 bits per heavy atom. The summed E-state index contributed by atoms with van der Waals surface area (Å²) < 4.78 is 31.7. The largest absolute Gasteiger partial charge is 0.726 e. The van der Waals surface area contributed by atoms with E-state index in [0.29, 0.717) is 37.0 Å². The first-order valence-electron chi connectivity index (χ1n) is 22.3. The number of hydrogen-bond acceptors (Lipinski definition) is 7. The minimum Gasteiger partial charge on any atom is -0.726 e. The number of carbonyl (C=O) groups is 2. The van der Waals surface area contributed by atoms with Gasteiger partial charge in [0.1, 0.15) is 6.54 Å². The van der Waals surface area contributed by atoms with Crippen molar-refractivity contribution < 1.29 is 36.3 Å². The molecular formula is C44H87N3O7S. The highest BCUT2D eigenvalue weighted by atomic mass is 32.3. The lowest BCUT2D eigenvalue weighted by Crippen LogP contribution is -2.53. The number of aliphatic hydroxyl groups excluding tert-OH is 1. The second-order valence-electron chi connectivity index (χ2n) is 15.5. The monoisotopic (exact) mass is 802 g/mol. The van der Waals surface area contributed by atoms with Crippen LogP contribution in [-0.2, 0) is 24.2 Å². The van der Waals surface area contributed by atoms with E-state index in [1.807, 2.05) is 0 Å². The summed E-state index contributed by atoms with van der Waals surface area (Å²) >= 11 is 0. The van der Waals surface area contributed by atoms with Crippen LogP contribution >= 0.6 is 0 Å². The predicted molar refractivity (Wildman–Crippen MR) is 230 cm³/mol. The molecule has 10 nitrogen and oxygen atoms in total. The van der Waals surface area contributed by atoms with E-state index in [0.717, 1.165) is 45.9 Å². The smallest absolute Gasteiger partial charge is 0.220 e. The lowest BCUT2D eigenvalue weighted by Gasteiger charge is -2.34. The Morgan fingerprint density at radius 3 is 1.15 bits per heavy atom. The van der Waals surface area contributed by atoms with E-state index in [1.54, 1.807) is 0 Å². The third kappa shape index (κ3) is 46.5. The zero-order valence-corrected chi connectivity index (χ0v) is 36.9. The van der Waals surface area contributed by atoms with Gasteiger partial charge < -0.3 is 24.8 Å². The Hall–Kier alpha value is -1.79. The van der Waals surface area contributed by atoms with Crippen LogP contribution in [0.15, 0.2) is 24.3 Å². The number of hydrogen-bond donors (Lipinski definition) is 3. The number of carbonyl (C=O) groups excluding carboxylic acids is 2. The van der Waals surface area contributed by atoms with Crippen molar-refractivity contribution in [2.24, 2.45) is 0 Å². The molecule has 0 saturated carbocycles. The highest BCUT2D eigenvalue weighted by Crippen LogP contribution is 2.12. The second-order valence-corrected chi connectivity index (χ2v) is 16.6. The van der Waals surface area contributed by atoms with Gasteiger partial charge >= 0.3 is 0 Å². The second kappa shape index (κ2) is 41.8. The van der Waals surface area contributed by atoms with Crippen LogP contribution < -0.4 is 10.6 Å². The average molecular weight is 802 g/mol. The number of likely N-dealkylation sites (N-methyl/N-ethyl adjacent to an activating group) is 1. The molecule has 0 aromatic rings. The maximum absolute atomic E-state index is 12.4. The number of quaternary nitrogens is 1. The summed E-state index contributed by atoms with van der Waals surface area (Å²) in [4.78, 5) is 24.7. The quantitative estimate of drug-likeness (QED) is 0.0185. The van der Waals surface area contributed by atoms with E-state index in [2.05, 4.69) is 60.0 Å². The topological polar surface area (TPSA) is 145 Å². The molecule has 0 bridgehead atoms. The molecule has 55 heavy (non-hydrogen) atoms. The number of allylic oxidation sites excluding steroid dienone is 4. The number of aliphatic hydroxyl groups is 1. The number of nitrogens with one attached hydrogen (secondary N) is 2. The molecule has 0 radical (unpaired) electrons. The molecular weight excluding hydrogens is 715 g/mol. The van der Waals surface area contributed by atoms with Gasteiger partial charge in [0.2, 0.25) is 22.2 Å². The van der Waals surface area contributed by atoms with Gasteiger partial charge in [0.05, 0.1) is 46.9 Å². The van der Waals surface area contributed by atoms with Gasteiger partial charge in [0, 0.05) is 12.8 Å². The number of nitrogens with zero attached hydrogens (tertiary/aromatic N) is 1. The Balaban J connectivity index is 0. The summed E-state index contributed by atoms with van der Waals surface area (Å²) in [6.07, 6.45) is 43.4. The fourth-order valence-corrected chi connectivity index (χ4v) is 6.40. The maximum Gasteiger partial charge on any atom is 0.220 e. The fourth-order valence-electron chi connectivity index (χ4n) is 6.40. The van der Waals surface area contributed by atoms with Crippen LogP contribution in [0.5, 0.6) is 0 Å². The van der Waals surface area contributed by atoms with Crippen molar-refractivity contribution in [3.8, 4) is 0 Å². The number of amides is 2. The summed E-state index contributed by atoms with van der Waals surface area (Å²) in [5, 5.41) is 15.8. The van der Waals surface area contributed by atoms with Gasteiger partial charge in [0.25, 0.3) is 0 Å². The average Bonchev–Trinajstić information content (AvgIpc) is 3.15. The normalized spacial score (nSPS) is 12.0. The van der Waals surface area contributed by atoms with E-state index in [1.165, 1.54) is 141 Å². The van der Waals surface area contributed by atoms with Crippen LogP contribution in [0.2, 0.25) is 0 Å². The van der Waals surface area contributed by atoms with Gasteiger partial charge in [-0.1, -0.05) is 141 Å². The molecule has 0 aliphatic rings. The van der Waals surface area contributed by atoms with E-state index < -0.39 is 10.4 Å². The number of unbranched alkanes of at least 4 members (excludes halogenated alkanes) is 22. The van der Waals surface area contributed by atoms with Gasteiger partial charge in [0.15, 0.2) is 0 Å². The van der Waals surface area contributed by atoms with Gasteiger partial charge in [-0.05, 0) is 64.2 Å². The fraction of sp³-hybridized carbons (Fsp3) is 0.864. The molecule has 0 aromatic heterocycles. The summed E-state index contributed by atoms with van der Waals surface area (Å²) in [5.41, 5.74) is 0. The molecule has 3 N–H and O–H groups in total. The Labute approximate surface area is 339 Å². The first kappa shape index (κ1) is 55.3. The molecule has 0 aromatic carbocycles. The predicted octanol–water partition coefficient (Wildman–Crippen LogP) is 9.83. The van der Waals surface area contributed by atoms with Crippen molar-refractivity contribution in [2.75, 3.05) is 53.5 Å². The van der Waals surface area contributed by atoms with Crippen LogP contribution in [0.4, 0.5) is 0 Å². The molecule has 0 aliphatic carbocycles. The highest BCUT2D eigenvalue weighted by Gasteiger charge is 2.21. The van der Waals surface area contributed by atoms with Crippen LogP contribution in [0.25, 0.3) is 0 Å². The minimum atomic E-state index is -4.41. The van der Waals surface area contributed by atoms with Crippen LogP contribution in [0.1, 0.15) is 194 Å².